The number of nitriles is 1. The number of pyridine rings is 2. The van der Waals surface area contributed by atoms with E-state index in [0.29, 0.717) is 28.2 Å². The van der Waals surface area contributed by atoms with Gasteiger partial charge in [0.15, 0.2) is 0 Å². The normalized spacial score (nSPS) is 16.7. The number of aromatic nitrogens is 2. The molecule has 0 saturated carbocycles. The van der Waals surface area contributed by atoms with Gasteiger partial charge in [-0.2, -0.15) is 5.26 Å². The van der Waals surface area contributed by atoms with E-state index in [1.165, 1.54) is 0 Å². The van der Waals surface area contributed by atoms with E-state index in [1.807, 2.05) is 24.3 Å². The number of rotatable bonds is 6. The minimum atomic E-state index is -0.183. The maximum Gasteiger partial charge on any atom is 0.248 e. The molecule has 4 heterocycles. The van der Waals surface area contributed by atoms with Crippen molar-refractivity contribution < 1.29 is 9.53 Å². The minimum absolute atomic E-state index is 0.0554. The van der Waals surface area contributed by atoms with Crippen molar-refractivity contribution in [1.29, 1.82) is 5.26 Å². The number of hydrogen-bond acceptors (Lipinski definition) is 8. The Morgan fingerprint density at radius 3 is 2.70 bits per heavy atom. The molecule has 1 aromatic carbocycles. The molecule has 9 nitrogen and oxygen atoms in total. The van der Waals surface area contributed by atoms with Crippen molar-refractivity contribution in [2.45, 2.75) is 31.8 Å². The van der Waals surface area contributed by atoms with Crippen LogP contribution in [0, 0.1) is 11.3 Å². The van der Waals surface area contributed by atoms with Crippen LogP contribution in [0.4, 0.5) is 17.1 Å². The van der Waals surface area contributed by atoms with E-state index < -0.39 is 0 Å². The molecule has 3 aromatic rings. The lowest BCUT2D eigenvalue weighted by Gasteiger charge is -2.30. The Bertz CT molecular complexity index is 1330. The smallest absolute Gasteiger partial charge is 0.248 e. The van der Waals surface area contributed by atoms with Crippen LogP contribution in [0.25, 0.3) is 10.9 Å². The van der Waals surface area contributed by atoms with Crippen molar-refractivity contribution in [2.75, 3.05) is 43.9 Å². The zero-order chi connectivity index (χ0) is 25.6. The molecule has 2 aliphatic heterocycles. The van der Waals surface area contributed by atoms with Gasteiger partial charge in [0.05, 0.1) is 22.5 Å². The molecule has 0 spiro atoms. The number of benzene rings is 1. The molecular formula is C28H31N7O2. The van der Waals surface area contributed by atoms with Crippen LogP contribution in [-0.2, 0) is 4.79 Å². The molecule has 0 aliphatic carbocycles. The van der Waals surface area contributed by atoms with Crippen molar-refractivity contribution in [3.63, 3.8) is 0 Å². The van der Waals surface area contributed by atoms with Gasteiger partial charge in [-0.3, -0.25) is 14.8 Å². The van der Waals surface area contributed by atoms with E-state index in [4.69, 9.17) is 4.74 Å². The lowest BCUT2D eigenvalue weighted by Crippen LogP contribution is -2.35. The zero-order valence-corrected chi connectivity index (χ0v) is 21.0. The van der Waals surface area contributed by atoms with E-state index in [9.17, 15) is 10.1 Å². The quantitative estimate of drug-likeness (QED) is 0.438. The van der Waals surface area contributed by atoms with Crippen LogP contribution in [0.5, 0.6) is 5.75 Å². The second-order valence-corrected chi connectivity index (χ2v) is 9.55. The van der Waals surface area contributed by atoms with Gasteiger partial charge < -0.3 is 25.6 Å². The number of anilines is 3. The predicted octanol–water partition coefficient (Wildman–Crippen LogP) is 3.97. The molecule has 5 rings (SSSR count). The molecule has 190 valence electrons. The van der Waals surface area contributed by atoms with Gasteiger partial charge in [0.25, 0.3) is 0 Å². The highest BCUT2D eigenvalue weighted by molar-refractivity contribution is 6.05. The molecule has 3 N–H and O–H groups in total. The Labute approximate surface area is 216 Å². The Balaban J connectivity index is 1.53. The number of hydrogen-bond donors (Lipinski definition) is 3. The maximum atomic E-state index is 13.0. The first kappa shape index (κ1) is 24.7. The monoisotopic (exact) mass is 497 g/mol. The summed E-state index contributed by atoms with van der Waals surface area (Å²) >= 11 is 0. The number of piperidine rings is 2. The molecule has 0 radical (unpaired) electrons. The van der Waals surface area contributed by atoms with Crippen LogP contribution in [0.3, 0.4) is 0 Å². The number of nitrogens with zero attached hydrogens (tertiary/aromatic N) is 4. The van der Waals surface area contributed by atoms with Crippen LogP contribution in [-0.4, -0.2) is 60.1 Å². The first-order valence-corrected chi connectivity index (χ1v) is 12.7. The van der Waals surface area contributed by atoms with Crippen molar-refractivity contribution >= 4 is 33.9 Å². The van der Waals surface area contributed by atoms with Crippen LogP contribution < -0.4 is 20.7 Å². The molecule has 0 unspecified atom stereocenters. The van der Waals surface area contributed by atoms with Crippen LogP contribution in [0.2, 0.25) is 0 Å². The van der Waals surface area contributed by atoms with Gasteiger partial charge in [-0.1, -0.05) is 5.57 Å². The number of likely N-dealkylation sites (tertiary alicyclic amines) is 1. The summed E-state index contributed by atoms with van der Waals surface area (Å²) < 4.78 is 6.44. The predicted molar refractivity (Wildman–Crippen MR) is 144 cm³/mol. The summed E-state index contributed by atoms with van der Waals surface area (Å²) in [6.45, 7) is 3.69. The Morgan fingerprint density at radius 1 is 1.22 bits per heavy atom. The third-order valence-corrected chi connectivity index (χ3v) is 6.84. The van der Waals surface area contributed by atoms with Crippen molar-refractivity contribution in [1.82, 2.24) is 20.2 Å². The number of fused-ring (bicyclic) bond motifs is 1. The highest BCUT2D eigenvalue weighted by Gasteiger charge is 2.22. The van der Waals surface area contributed by atoms with E-state index in [-0.39, 0.29) is 12.0 Å². The van der Waals surface area contributed by atoms with Gasteiger partial charge in [-0.25, -0.2) is 0 Å². The summed E-state index contributed by atoms with van der Waals surface area (Å²) in [5.41, 5.74) is 4.19. The second kappa shape index (κ2) is 11.4. The largest absolute Gasteiger partial charge is 0.488 e. The molecule has 2 aliphatic rings. The van der Waals surface area contributed by atoms with Crippen LogP contribution in [0.15, 0.2) is 54.5 Å². The van der Waals surface area contributed by atoms with Gasteiger partial charge in [0, 0.05) is 54.9 Å². The lowest BCUT2D eigenvalue weighted by atomic mass is 10.0. The van der Waals surface area contributed by atoms with Gasteiger partial charge >= 0.3 is 0 Å². The molecule has 2 aromatic heterocycles. The Kier molecular flexibility index (Phi) is 7.59. The second-order valence-electron chi connectivity index (χ2n) is 9.55. The molecule has 2 fully saturated rings. The van der Waals surface area contributed by atoms with Crippen molar-refractivity contribution in [3.05, 3.63) is 60.1 Å². The maximum absolute atomic E-state index is 13.0. The molecule has 0 bridgehead atoms. The van der Waals surface area contributed by atoms with E-state index >= 15 is 0 Å². The standard InChI is InChI=1S/C28H31N7O2/c1-35-12-6-22(7-13-35)37-26-16-24-23(15-25(26)34-27(36)14-19-2-8-30-9-3-19)28(20(17-29)18-32-24)33-21-4-10-31-11-5-21/h4-5,10-11,14-16,18,22,30H,2-3,6-9,12-13H2,1H3,(H,34,36)(H,31,32,33). The minimum Gasteiger partial charge on any atom is -0.488 e. The van der Waals surface area contributed by atoms with Crippen LogP contribution in [0.1, 0.15) is 31.2 Å². The molecule has 2 saturated heterocycles. The number of carbonyl (C=O) groups is 1. The highest BCUT2D eigenvalue weighted by Crippen LogP contribution is 2.37. The van der Waals surface area contributed by atoms with E-state index in [2.05, 4.69) is 43.9 Å². The van der Waals surface area contributed by atoms with E-state index in [0.717, 1.165) is 68.5 Å². The fraction of sp³-hybridized carbons (Fsp3) is 0.357. The third-order valence-electron chi connectivity index (χ3n) is 6.84. The number of carbonyl (C=O) groups excluding carboxylic acids is 1. The van der Waals surface area contributed by atoms with E-state index in [1.54, 1.807) is 24.7 Å². The number of amides is 1. The molecule has 37 heavy (non-hydrogen) atoms. The summed E-state index contributed by atoms with van der Waals surface area (Å²) in [5.74, 6) is 0.406. The fourth-order valence-electron chi connectivity index (χ4n) is 4.74. The SMILES string of the molecule is CN1CCC(Oc2cc3ncc(C#N)c(Nc4ccncc4)c3cc2NC(=O)C=C2CCNCC2)CC1. The van der Waals surface area contributed by atoms with Gasteiger partial charge in [-0.15, -0.1) is 0 Å². The lowest BCUT2D eigenvalue weighted by molar-refractivity contribution is -0.112. The number of nitrogens with one attached hydrogen (secondary N) is 3. The van der Waals surface area contributed by atoms with Crippen LogP contribution >= 0.6 is 0 Å². The van der Waals surface area contributed by atoms with Gasteiger partial charge in [0.2, 0.25) is 5.91 Å². The first-order chi connectivity index (χ1) is 18.1. The Morgan fingerprint density at radius 2 is 1.97 bits per heavy atom. The zero-order valence-electron chi connectivity index (χ0n) is 21.0. The topological polar surface area (TPSA) is 115 Å². The fourth-order valence-corrected chi connectivity index (χ4v) is 4.74. The number of ether oxygens (including phenoxy) is 1. The highest BCUT2D eigenvalue weighted by atomic mass is 16.5. The molecule has 0 atom stereocenters. The third kappa shape index (κ3) is 6.05. The van der Waals surface area contributed by atoms with Crippen molar-refractivity contribution in [2.24, 2.45) is 0 Å². The molecule has 1 amide bonds. The summed E-state index contributed by atoms with van der Waals surface area (Å²) in [6, 6.07) is 9.61. The summed E-state index contributed by atoms with van der Waals surface area (Å²) in [4.78, 5) is 23.9. The Hall–Kier alpha value is -4.00. The first-order valence-electron chi connectivity index (χ1n) is 12.7. The summed E-state index contributed by atoms with van der Waals surface area (Å²) in [7, 11) is 2.11. The van der Waals surface area contributed by atoms with Gasteiger partial charge in [-0.05, 0) is 64.0 Å². The average Bonchev–Trinajstić information content (AvgIpc) is 2.92. The molecule has 9 heteroatoms. The molecular weight excluding hydrogens is 466 g/mol. The average molecular weight is 498 g/mol. The summed E-state index contributed by atoms with van der Waals surface area (Å²) in [6.07, 6.45) is 10.2. The van der Waals surface area contributed by atoms with Crippen molar-refractivity contribution in [3.8, 4) is 11.8 Å². The van der Waals surface area contributed by atoms with Gasteiger partial charge in [0.1, 0.15) is 17.9 Å². The summed E-state index contributed by atoms with van der Waals surface area (Å²) in [5, 5.41) is 20.2.